The number of hydrogen-bond acceptors (Lipinski definition) is 4. The highest BCUT2D eigenvalue weighted by molar-refractivity contribution is 5.77. The van der Waals surface area contributed by atoms with Gasteiger partial charge in [0.05, 0.1) is 0 Å². The molecule has 0 spiro atoms. The number of nitrogens with zero attached hydrogens (tertiary/aromatic N) is 4. The van der Waals surface area contributed by atoms with Crippen LogP contribution in [0.25, 0.3) is 0 Å². The molecule has 0 aliphatic heterocycles. The standard InChI is InChI=1S/C13H23N5O/c1-12(2,3)9-13(6-7-13)15-11(19)5-4-8-18-10-14-16-17-18/h10H,4-9H2,1-3H3,(H,15,19). The fourth-order valence-electron chi connectivity index (χ4n) is 2.55. The third kappa shape index (κ3) is 4.61. The minimum absolute atomic E-state index is 0.0736. The zero-order valence-corrected chi connectivity index (χ0v) is 12.0. The molecular weight excluding hydrogens is 242 g/mol. The summed E-state index contributed by atoms with van der Waals surface area (Å²) in [4.78, 5) is 11.9. The Labute approximate surface area is 113 Å². The zero-order chi connectivity index (χ0) is 13.9. The number of tetrazole rings is 1. The van der Waals surface area contributed by atoms with E-state index in [2.05, 4.69) is 41.6 Å². The van der Waals surface area contributed by atoms with Crippen molar-refractivity contribution in [3.8, 4) is 0 Å². The molecule has 2 rings (SSSR count). The van der Waals surface area contributed by atoms with E-state index in [1.807, 2.05) is 0 Å². The van der Waals surface area contributed by atoms with Crippen LogP contribution in [0.2, 0.25) is 0 Å². The first-order chi connectivity index (χ1) is 8.89. The van der Waals surface area contributed by atoms with Crippen molar-refractivity contribution in [1.82, 2.24) is 25.5 Å². The SMILES string of the molecule is CC(C)(C)CC1(NC(=O)CCCn2cnnn2)CC1. The Morgan fingerprint density at radius 3 is 2.68 bits per heavy atom. The maximum Gasteiger partial charge on any atom is 0.220 e. The molecule has 0 aromatic carbocycles. The average Bonchev–Trinajstić information content (AvgIpc) is 2.81. The summed E-state index contributed by atoms with van der Waals surface area (Å²) in [5.41, 5.74) is 0.334. The smallest absolute Gasteiger partial charge is 0.220 e. The Morgan fingerprint density at radius 2 is 2.16 bits per heavy atom. The van der Waals surface area contributed by atoms with Gasteiger partial charge in [-0.1, -0.05) is 20.8 Å². The van der Waals surface area contributed by atoms with Gasteiger partial charge in [0, 0.05) is 18.5 Å². The van der Waals surface area contributed by atoms with Crippen LogP contribution in [0, 0.1) is 5.41 Å². The molecule has 1 heterocycles. The van der Waals surface area contributed by atoms with Gasteiger partial charge < -0.3 is 5.32 Å². The molecule has 1 N–H and O–H groups in total. The van der Waals surface area contributed by atoms with E-state index in [0.29, 0.717) is 13.0 Å². The molecular formula is C13H23N5O. The van der Waals surface area contributed by atoms with Crippen LogP contribution < -0.4 is 5.32 Å². The summed E-state index contributed by atoms with van der Waals surface area (Å²) in [6.45, 7) is 7.34. The van der Waals surface area contributed by atoms with Crippen molar-refractivity contribution in [2.24, 2.45) is 5.41 Å². The number of nitrogens with one attached hydrogen (secondary N) is 1. The number of hydrogen-bond donors (Lipinski definition) is 1. The van der Waals surface area contributed by atoms with Gasteiger partial charge in [-0.15, -0.1) is 5.10 Å². The summed E-state index contributed by atoms with van der Waals surface area (Å²) in [5, 5.41) is 14.1. The third-order valence-corrected chi connectivity index (χ3v) is 3.31. The second kappa shape index (κ2) is 5.27. The summed E-state index contributed by atoms with van der Waals surface area (Å²) in [5.74, 6) is 0.148. The van der Waals surface area contributed by atoms with Crippen LogP contribution in [0.3, 0.4) is 0 Å². The predicted octanol–water partition coefficient (Wildman–Crippen LogP) is 1.54. The van der Waals surface area contributed by atoms with Crippen molar-refractivity contribution in [2.45, 2.75) is 65.0 Å². The van der Waals surface area contributed by atoms with Crippen LogP contribution in [0.5, 0.6) is 0 Å². The predicted molar refractivity (Wildman–Crippen MR) is 71.2 cm³/mol. The van der Waals surface area contributed by atoms with Crippen LogP contribution >= 0.6 is 0 Å². The highest BCUT2D eigenvalue weighted by atomic mass is 16.1. The molecule has 1 aromatic rings. The fourth-order valence-corrected chi connectivity index (χ4v) is 2.55. The number of amides is 1. The molecule has 6 heteroatoms. The topological polar surface area (TPSA) is 72.7 Å². The summed E-state index contributed by atoms with van der Waals surface area (Å²) < 4.78 is 1.65. The maximum absolute atomic E-state index is 11.9. The van der Waals surface area contributed by atoms with Crippen molar-refractivity contribution in [3.63, 3.8) is 0 Å². The van der Waals surface area contributed by atoms with E-state index in [4.69, 9.17) is 0 Å². The zero-order valence-electron chi connectivity index (χ0n) is 12.0. The van der Waals surface area contributed by atoms with E-state index >= 15 is 0 Å². The molecule has 1 saturated carbocycles. The lowest BCUT2D eigenvalue weighted by Gasteiger charge is -2.26. The van der Waals surface area contributed by atoms with Crippen molar-refractivity contribution in [2.75, 3.05) is 0 Å². The summed E-state index contributed by atoms with van der Waals surface area (Å²) in [6, 6.07) is 0. The van der Waals surface area contributed by atoms with Crippen molar-refractivity contribution >= 4 is 5.91 Å². The molecule has 0 radical (unpaired) electrons. The Morgan fingerprint density at radius 1 is 1.42 bits per heavy atom. The van der Waals surface area contributed by atoms with Gasteiger partial charge in [0.15, 0.2) is 0 Å². The minimum atomic E-state index is 0.0736. The Bertz CT molecular complexity index is 417. The van der Waals surface area contributed by atoms with E-state index in [1.165, 1.54) is 0 Å². The maximum atomic E-state index is 11.9. The lowest BCUT2D eigenvalue weighted by molar-refractivity contribution is -0.122. The lowest BCUT2D eigenvalue weighted by atomic mass is 9.86. The second-order valence-corrected chi connectivity index (χ2v) is 6.74. The van der Waals surface area contributed by atoms with Gasteiger partial charge in [-0.3, -0.25) is 4.79 Å². The molecule has 0 atom stereocenters. The molecule has 0 saturated heterocycles. The number of carbonyl (C=O) groups is 1. The normalized spacial score (nSPS) is 17.2. The molecule has 6 nitrogen and oxygen atoms in total. The van der Waals surface area contributed by atoms with Gasteiger partial charge >= 0.3 is 0 Å². The van der Waals surface area contributed by atoms with E-state index < -0.39 is 0 Å². The van der Waals surface area contributed by atoms with Crippen LogP contribution in [0.15, 0.2) is 6.33 Å². The number of aryl methyl sites for hydroxylation is 1. The molecule has 1 amide bonds. The van der Waals surface area contributed by atoms with Gasteiger partial charge in [0.1, 0.15) is 6.33 Å². The Balaban J connectivity index is 1.70. The third-order valence-electron chi connectivity index (χ3n) is 3.31. The molecule has 1 aromatic heterocycles. The molecule has 0 unspecified atom stereocenters. The van der Waals surface area contributed by atoms with Gasteiger partial charge in [-0.25, -0.2) is 4.68 Å². The van der Waals surface area contributed by atoms with Crippen LogP contribution in [-0.2, 0) is 11.3 Å². The highest BCUT2D eigenvalue weighted by Crippen LogP contribution is 2.44. The number of carbonyl (C=O) groups excluding carboxylic acids is 1. The molecule has 0 bridgehead atoms. The molecule has 19 heavy (non-hydrogen) atoms. The van der Waals surface area contributed by atoms with Gasteiger partial charge in [0.25, 0.3) is 0 Å². The largest absolute Gasteiger partial charge is 0.351 e. The highest BCUT2D eigenvalue weighted by Gasteiger charge is 2.46. The first-order valence-corrected chi connectivity index (χ1v) is 6.90. The first-order valence-electron chi connectivity index (χ1n) is 6.90. The van der Waals surface area contributed by atoms with Gasteiger partial charge in [0.2, 0.25) is 5.91 Å². The van der Waals surface area contributed by atoms with Crippen LogP contribution in [-0.4, -0.2) is 31.7 Å². The van der Waals surface area contributed by atoms with E-state index in [0.717, 1.165) is 25.7 Å². The summed E-state index contributed by atoms with van der Waals surface area (Å²) in [6.07, 6.45) is 6.15. The van der Waals surface area contributed by atoms with Gasteiger partial charge in [-0.05, 0) is 41.5 Å². The van der Waals surface area contributed by atoms with Crippen molar-refractivity contribution in [3.05, 3.63) is 6.33 Å². The molecule has 1 aliphatic carbocycles. The number of rotatable bonds is 6. The fraction of sp³-hybridized carbons (Fsp3) is 0.846. The number of aromatic nitrogens is 4. The quantitative estimate of drug-likeness (QED) is 0.846. The Kier molecular flexibility index (Phi) is 3.87. The van der Waals surface area contributed by atoms with E-state index in [9.17, 15) is 4.79 Å². The summed E-state index contributed by atoms with van der Waals surface area (Å²) in [7, 11) is 0. The van der Waals surface area contributed by atoms with Crippen molar-refractivity contribution in [1.29, 1.82) is 0 Å². The van der Waals surface area contributed by atoms with Crippen LogP contribution in [0.1, 0.15) is 52.9 Å². The first kappa shape index (κ1) is 14.0. The van der Waals surface area contributed by atoms with Crippen molar-refractivity contribution < 1.29 is 4.79 Å². The van der Waals surface area contributed by atoms with E-state index in [1.54, 1.807) is 11.0 Å². The van der Waals surface area contributed by atoms with E-state index in [-0.39, 0.29) is 16.9 Å². The Hall–Kier alpha value is -1.46. The average molecular weight is 265 g/mol. The lowest BCUT2D eigenvalue weighted by Crippen LogP contribution is -2.39. The summed E-state index contributed by atoms with van der Waals surface area (Å²) >= 11 is 0. The minimum Gasteiger partial charge on any atom is -0.351 e. The monoisotopic (exact) mass is 265 g/mol. The second-order valence-electron chi connectivity index (χ2n) is 6.74. The van der Waals surface area contributed by atoms with Gasteiger partial charge in [-0.2, -0.15) is 0 Å². The molecule has 1 fully saturated rings. The molecule has 106 valence electrons. The van der Waals surface area contributed by atoms with Crippen LogP contribution in [0.4, 0.5) is 0 Å². The molecule has 1 aliphatic rings.